The highest BCUT2D eigenvalue weighted by Crippen LogP contribution is 2.19. The Kier molecular flexibility index (Phi) is 5.98. The molecule has 0 atom stereocenters. The average Bonchev–Trinajstić information content (AvgIpc) is 2.35. The summed E-state index contributed by atoms with van der Waals surface area (Å²) >= 11 is 0. The molecule has 6 heteroatoms. The first-order valence-electron chi connectivity index (χ1n) is 5.26. The number of aromatic nitrogens is 1. The molecule has 17 heavy (non-hydrogen) atoms. The average molecular weight is 239 g/mol. The van der Waals surface area contributed by atoms with Crippen molar-refractivity contribution in [1.29, 1.82) is 0 Å². The minimum Gasteiger partial charge on any atom is -0.480 e. The summed E-state index contributed by atoms with van der Waals surface area (Å²) in [6, 6.07) is 3.47. The molecule has 1 rings (SSSR count). The number of rotatable bonds is 7. The number of nitrogens with zero attached hydrogens (tertiary/aromatic N) is 1. The van der Waals surface area contributed by atoms with Crippen LogP contribution in [-0.2, 0) is 9.53 Å². The van der Waals surface area contributed by atoms with Crippen molar-refractivity contribution in [3.05, 3.63) is 18.3 Å². The number of methoxy groups -OCH3 is 2. The SMILES string of the molecule is COCCNCC(=O)Nc1cccnc1OC. The normalized spacial score (nSPS) is 10.0. The van der Waals surface area contributed by atoms with Crippen LogP contribution in [0.25, 0.3) is 0 Å². The standard InChI is InChI=1S/C11H17N3O3/c1-16-7-6-12-8-10(15)14-9-4-3-5-13-11(9)17-2/h3-5,12H,6-8H2,1-2H3,(H,14,15). The zero-order chi connectivity index (χ0) is 12.5. The number of pyridine rings is 1. The summed E-state index contributed by atoms with van der Waals surface area (Å²) < 4.78 is 9.88. The van der Waals surface area contributed by atoms with Gasteiger partial charge in [0.25, 0.3) is 0 Å². The Bertz CT molecular complexity index is 358. The molecule has 0 bridgehead atoms. The third-order valence-electron chi connectivity index (χ3n) is 2.01. The third kappa shape index (κ3) is 4.80. The Labute approximate surface area is 100 Å². The second-order valence-electron chi connectivity index (χ2n) is 3.28. The van der Waals surface area contributed by atoms with Crippen LogP contribution in [0.3, 0.4) is 0 Å². The molecule has 6 nitrogen and oxygen atoms in total. The van der Waals surface area contributed by atoms with Gasteiger partial charge >= 0.3 is 0 Å². The maximum absolute atomic E-state index is 11.5. The zero-order valence-electron chi connectivity index (χ0n) is 10.0. The van der Waals surface area contributed by atoms with Gasteiger partial charge in [0.15, 0.2) is 0 Å². The zero-order valence-corrected chi connectivity index (χ0v) is 10.0. The van der Waals surface area contributed by atoms with Gasteiger partial charge < -0.3 is 20.1 Å². The Morgan fingerprint density at radius 2 is 2.29 bits per heavy atom. The third-order valence-corrected chi connectivity index (χ3v) is 2.01. The number of anilines is 1. The molecule has 1 aromatic rings. The fourth-order valence-electron chi connectivity index (χ4n) is 1.22. The van der Waals surface area contributed by atoms with Gasteiger partial charge in [-0.05, 0) is 12.1 Å². The van der Waals surface area contributed by atoms with Crippen LogP contribution in [0.1, 0.15) is 0 Å². The highest BCUT2D eigenvalue weighted by molar-refractivity contribution is 5.93. The fourth-order valence-corrected chi connectivity index (χ4v) is 1.22. The van der Waals surface area contributed by atoms with Crippen LogP contribution in [0.2, 0.25) is 0 Å². The molecule has 0 aromatic carbocycles. The highest BCUT2D eigenvalue weighted by atomic mass is 16.5. The monoisotopic (exact) mass is 239 g/mol. The van der Waals surface area contributed by atoms with Gasteiger partial charge in [-0.1, -0.05) is 0 Å². The Hall–Kier alpha value is -1.66. The maximum Gasteiger partial charge on any atom is 0.238 e. The van der Waals surface area contributed by atoms with Crippen molar-refractivity contribution in [1.82, 2.24) is 10.3 Å². The summed E-state index contributed by atoms with van der Waals surface area (Å²) in [7, 11) is 3.12. The van der Waals surface area contributed by atoms with E-state index in [9.17, 15) is 4.79 Å². The second-order valence-corrected chi connectivity index (χ2v) is 3.28. The molecule has 0 unspecified atom stereocenters. The first-order chi connectivity index (χ1) is 8.27. The maximum atomic E-state index is 11.5. The van der Waals surface area contributed by atoms with Gasteiger partial charge in [-0.3, -0.25) is 4.79 Å². The smallest absolute Gasteiger partial charge is 0.238 e. The van der Waals surface area contributed by atoms with Gasteiger partial charge in [0.2, 0.25) is 11.8 Å². The minimum atomic E-state index is -0.146. The van der Waals surface area contributed by atoms with E-state index in [1.54, 1.807) is 25.4 Å². The van der Waals surface area contributed by atoms with Gasteiger partial charge in [-0.25, -0.2) is 4.98 Å². The lowest BCUT2D eigenvalue weighted by molar-refractivity contribution is -0.115. The molecule has 94 valence electrons. The summed E-state index contributed by atoms with van der Waals surface area (Å²) in [5.41, 5.74) is 0.563. The van der Waals surface area contributed by atoms with Gasteiger partial charge in [0.1, 0.15) is 5.69 Å². The summed E-state index contributed by atoms with van der Waals surface area (Å²) in [6.45, 7) is 1.43. The number of nitrogens with one attached hydrogen (secondary N) is 2. The number of ether oxygens (including phenoxy) is 2. The molecule has 1 aromatic heterocycles. The summed E-state index contributed by atoms with van der Waals surface area (Å²) in [5, 5.41) is 5.65. The van der Waals surface area contributed by atoms with Gasteiger partial charge in [0, 0.05) is 19.9 Å². The van der Waals surface area contributed by atoms with E-state index in [4.69, 9.17) is 9.47 Å². The molecule has 1 heterocycles. The fraction of sp³-hybridized carbons (Fsp3) is 0.455. The van der Waals surface area contributed by atoms with E-state index in [1.807, 2.05) is 0 Å². The number of hydrogen-bond donors (Lipinski definition) is 2. The minimum absolute atomic E-state index is 0.146. The van der Waals surface area contributed by atoms with E-state index in [2.05, 4.69) is 15.6 Å². The molecule has 2 N–H and O–H groups in total. The van der Waals surface area contributed by atoms with Crippen LogP contribution in [-0.4, -0.2) is 44.8 Å². The van der Waals surface area contributed by atoms with Crippen LogP contribution in [0.4, 0.5) is 5.69 Å². The Morgan fingerprint density at radius 3 is 3.00 bits per heavy atom. The molecule has 0 fully saturated rings. The topological polar surface area (TPSA) is 72.5 Å². The highest BCUT2D eigenvalue weighted by Gasteiger charge is 2.06. The molecule has 0 radical (unpaired) electrons. The predicted molar refractivity (Wildman–Crippen MR) is 64.2 cm³/mol. The lowest BCUT2D eigenvalue weighted by Crippen LogP contribution is -2.30. The van der Waals surface area contributed by atoms with Gasteiger partial charge in [-0.15, -0.1) is 0 Å². The second kappa shape index (κ2) is 7.59. The lowest BCUT2D eigenvalue weighted by Gasteiger charge is -2.09. The molecule has 0 aliphatic carbocycles. The van der Waals surface area contributed by atoms with Crippen LogP contribution < -0.4 is 15.4 Å². The van der Waals surface area contributed by atoms with Crippen LogP contribution in [0, 0.1) is 0 Å². The number of hydrogen-bond acceptors (Lipinski definition) is 5. The first kappa shape index (κ1) is 13.4. The van der Waals surface area contributed by atoms with Crippen LogP contribution >= 0.6 is 0 Å². The van der Waals surface area contributed by atoms with E-state index >= 15 is 0 Å². The van der Waals surface area contributed by atoms with E-state index in [1.165, 1.54) is 7.11 Å². The van der Waals surface area contributed by atoms with Crippen molar-refractivity contribution in [2.24, 2.45) is 0 Å². The van der Waals surface area contributed by atoms with E-state index < -0.39 is 0 Å². The largest absolute Gasteiger partial charge is 0.480 e. The van der Waals surface area contributed by atoms with Gasteiger partial charge in [-0.2, -0.15) is 0 Å². The predicted octanol–water partition coefficient (Wildman–Crippen LogP) is 0.265. The summed E-state index contributed by atoms with van der Waals surface area (Å²) in [5.74, 6) is 0.255. The quantitative estimate of drug-likeness (QED) is 0.668. The van der Waals surface area contributed by atoms with Crippen molar-refractivity contribution in [2.45, 2.75) is 0 Å². The lowest BCUT2D eigenvalue weighted by atomic mass is 10.4. The van der Waals surface area contributed by atoms with Crippen molar-refractivity contribution >= 4 is 11.6 Å². The van der Waals surface area contributed by atoms with Crippen molar-refractivity contribution in [3.8, 4) is 5.88 Å². The number of carbonyl (C=O) groups excluding carboxylic acids is 1. The molecule has 0 saturated carbocycles. The Morgan fingerprint density at radius 1 is 1.47 bits per heavy atom. The molecule has 0 saturated heterocycles. The summed E-state index contributed by atoms with van der Waals surface area (Å²) in [4.78, 5) is 15.5. The first-order valence-corrected chi connectivity index (χ1v) is 5.26. The molecule has 1 amide bonds. The molecule has 0 spiro atoms. The van der Waals surface area contributed by atoms with Crippen LogP contribution in [0.15, 0.2) is 18.3 Å². The number of amides is 1. The molecule has 0 aliphatic heterocycles. The Balaban J connectivity index is 2.39. The van der Waals surface area contributed by atoms with E-state index in [-0.39, 0.29) is 12.5 Å². The van der Waals surface area contributed by atoms with Crippen molar-refractivity contribution in [2.75, 3.05) is 39.2 Å². The van der Waals surface area contributed by atoms with E-state index in [0.717, 1.165) is 0 Å². The van der Waals surface area contributed by atoms with Crippen molar-refractivity contribution in [3.63, 3.8) is 0 Å². The number of carbonyl (C=O) groups is 1. The van der Waals surface area contributed by atoms with Gasteiger partial charge in [0.05, 0.1) is 20.3 Å². The van der Waals surface area contributed by atoms with E-state index in [0.29, 0.717) is 24.7 Å². The summed E-state index contributed by atoms with van der Waals surface area (Å²) in [6.07, 6.45) is 1.60. The molecule has 0 aliphatic rings. The molecular formula is C11H17N3O3. The van der Waals surface area contributed by atoms with Crippen molar-refractivity contribution < 1.29 is 14.3 Å². The van der Waals surface area contributed by atoms with Crippen LogP contribution in [0.5, 0.6) is 5.88 Å². The molecular weight excluding hydrogens is 222 g/mol.